The Hall–Kier alpha value is -3.35. The summed E-state index contributed by atoms with van der Waals surface area (Å²) < 4.78 is 5.34. The fourth-order valence-electron chi connectivity index (χ4n) is 4.09. The van der Waals surface area contributed by atoms with Crippen LogP contribution in [0.5, 0.6) is 0 Å². The van der Waals surface area contributed by atoms with Gasteiger partial charge < -0.3 is 20.3 Å². The number of para-hydroxylation sites is 1. The van der Waals surface area contributed by atoms with E-state index >= 15 is 0 Å². The summed E-state index contributed by atoms with van der Waals surface area (Å²) >= 11 is 0. The highest BCUT2D eigenvalue weighted by Gasteiger charge is 2.41. The van der Waals surface area contributed by atoms with Crippen LogP contribution in [0.4, 0.5) is 10.5 Å². The number of ether oxygens (including phenoxy) is 1. The molecule has 0 aliphatic rings. The number of nitrogens with zero attached hydrogens (tertiary/aromatic N) is 1. The normalized spacial score (nSPS) is 13.4. The lowest BCUT2D eigenvalue weighted by atomic mass is 9.93. The van der Waals surface area contributed by atoms with Gasteiger partial charge in [-0.05, 0) is 91.5 Å². The van der Waals surface area contributed by atoms with Crippen LogP contribution >= 0.6 is 0 Å². The van der Waals surface area contributed by atoms with Gasteiger partial charge in [0.2, 0.25) is 5.91 Å². The molecule has 0 aliphatic heterocycles. The molecular weight excluding hydrogens is 454 g/mol. The minimum Gasteiger partial charge on any atom is -0.444 e. The Morgan fingerprint density at radius 1 is 0.833 bits per heavy atom. The van der Waals surface area contributed by atoms with Gasteiger partial charge in [-0.1, -0.05) is 42.5 Å². The third-order valence-corrected chi connectivity index (χ3v) is 5.78. The summed E-state index contributed by atoms with van der Waals surface area (Å²) in [6, 6.07) is 11.5. The van der Waals surface area contributed by atoms with Gasteiger partial charge in [0.1, 0.15) is 17.7 Å². The second-order valence-corrected chi connectivity index (χ2v) is 11.3. The van der Waals surface area contributed by atoms with Crippen molar-refractivity contribution < 1.29 is 19.1 Å². The van der Waals surface area contributed by atoms with E-state index in [1.807, 2.05) is 84.0 Å². The lowest BCUT2D eigenvalue weighted by Gasteiger charge is -2.43. The Labute approximate surface area is 215 Å². The fourth-order valence-corrected chi connectivity index (χ4v) is 4.09. The summed E-state index contributed by atoms with van der Waals surface area (Å²) in [5.74, 6) is -0.715. The Morgan fingerprint density at radius 2 is 1.36 bits per heavy atom. The average Bonchev–Trinajstić information content (AvgIpc) is 2.72. The van der Waals surface area contributed by atoms with Gasteiger partial charge in [-0.2, -0.15) is 0 Å². The molecule has 0 saturated carbocycles. The first kappa shape index (κ1) is 28.9. The molecule has 2 aromatic rings. The molecule has 0 aliphatic carbocycles. The highest BCUT2D eigenvalue weighted by Crippen LogP contribution is 2.33. The zero-order chi connectivity index (χ0) is 27.4. The topological polar surface area (TPSA) is 87.7 Å². The van der Waals surface area contributed by atoms with Gasteiger partial charge in [-0.3, -0.25) is 9.59 Å². The molecule has 2 N–H and O–H groups in total. The largest absolute Gasteiger partial charge is 0.444 e. The van der Waals surface area contributed by atoms with E-state index in [4.69, 9.17) is 4.74 Å². The number of benzene rings is 2. The van der Waals surface area contributed by atoms with Gasteiger partial charge in [0.05, 0.1) is 0 Å². The Kier molecular flexibility index (Phi) is 8.94. The molecule has 0 saturated heterocycles. The maximum absolute atomic E-state index is 14.0. The molecule has 196 valence electrons. The second kappa shape index (κ2) is 11.1. The number of hydrogen-bond acceptors (Lipinski definition) is 4. The minimum absolute atomic E-state index is 0.325. The molecule has 0 radical (unpaired) electrons. The number of anilines is 1. The molecule has 0 spiro atoms. The average molecular weight is 496 g/mol. The van der Waals surface area contributed by atoms with Crippen LogP contribution in [0, 0.1) is 20.8 Å². The minimum atomic E-state index is -0.930. The molecule has 36 heavy (non-hydrogen) atoms. The van der Waals surface area contributed by atoms with E-state index in [0.717, 1.165) is 22.4 Å². The van der Waals surface area contributed by atoms with Crippen LogP contribution in [0.3, 0.4) is 0 Å². The lowest BCUT2D eigenvalue weighted by Crippen LogP contribution is -2.57. The third-order valence-electron chi connectivity index (χ3n) is 5.78. The predicted octanol–water partition coefficient (Wildman–Crippen LogP) is 5.83. The van der Waals surface area contributed by atoms with E-state index < -0.39 is 35.2 Å². The summed E-state index contributed by atoms with van der Waals surface area (Å²) in [5, 5.41) is 5.71. The Balaban J connectivity index is 2.54. The molecular formula is C29H41N3O4. The van der Waals surface area contributed by atoms with Crippen LogP contribution in [0.15, 0.2) is 42.5 Å². The Morgan fingerprint density at radius 3 is 1.86 bits per heavy atom. The second-order valence-electron chi connectivity index (χ2n) is 11.3. The first-order chi connectivity index (χ1) is 16.5. The van der Waals surface area contributed by atoms with E-state index in [-0.39, 0.29) is 5.91 Å². The molecule has 0 heterocycles. The van der Waals surface area contributed by atoms with Crippen molar-refractivity contribution in [3.8, 4) is 0 Å². The number of carbonyl (C=O) groups excluding carboxylic acids is 3. The standard InChI is InChI=1S/C29H41N3O4/c1-18-14-11-12-17-22(18)24(25(33)31-23-19(2)15-13-16-20(23)3)32(28(5,6)7)26(34)21(4)30-27(35)36-29(8,9)10/h11-17,21,24H,1-10H3,(H,30,35)(H,31,33). The summed E-state index contributed by atoms with van der Waals surface area (Å²) in [6.45, 7) is 18.3. The predicted molar refractivity (Wildman–Crippen MR) is 144 cm³/mol. The van der Waals surface area contributed by atoms with Crippen molar-refractivity contribution in [2.45, 2.75) is 92.5 Å². The van der Waals surface area contributed by atoms with E-state index in [2.05, 4.69) is 10.6 Å². The number of amides is 3. The lowest BCUT2D eigenvalue weighted by molar-refractivity contribution is -0.146. The van der Waals surface area contributed by atoms with Crippen LogP contribution in [0.25, 0.3) is 0 Å². The summed E-state index contributed by atoms with van der Waals surface area (Å²) in [7, 11) is 0. The summed E-state index contributed by atoms with van der Waals surface area (Å²) in [6.07, 6.45) is -0.690. The molecule has 2 aromatic carbocycles. The van der Waals surface area contributed by atoms with Gasteiger partial charge in [-0.25, -0.2) is 4.79 Å². The van der Waals surface area contributed by atoms with Crippen molar-refractivity contribution in [3.63, 3.8) is 0 Å². The zero-order valence-corrected chi connectivity index (χ0v) is 23.3. The van der Waals surface area contributed by atoms with Crippen LogP contribution < -0.4 is 10.6 Å². The maximum Gasteiger partial charge on any atom is 0.408 e. The fraction of sp³-hybridized carbons (Fsp3) is 0.483. The highest BCUT2D eigenvalue weighted by molar-refractivity contribution is 6.00. The zero-order valence-electron chi connectivity index (χ0n) is 23.3. The number of nitrogens with one attached hydrogen (secondary N) is 2. The number of rotatable bonds is 6. The molecule has 0 bridgehead atoms. The van der Waals surface area contributed by atoms with Crippen molar-refractivity contribution in [1.82, 2.24) is 10.2 Å². The summed E-state index contributed by atoms with van der Waals surface area (Å²) in [4.78, 5) is 41.8. The first-order valence-electron chi connectivity index (χ1n) is 12.3. The van der Waals surface area contributed by atoms with Crippen LogP contribution in [-0.2, 0) is 14.3 Å². The van der Waals surface area contributed by atoms with E-state index in [9.17, 15) is 14.4 Å². The molecule has 2 unspecified atom stereocenters. The summed E-state index contributed by atoms with van der Waals surface area (Å²) in [5.41, 5.74) is 2.74. The molecule has 7 heteroatoms. The van der Waals surface area contributed by atoms with Gasteiger partial charge >= 0.3 is 6.09 Å². The van der Waals surface area contributed by atoms with Crippen LogP contribution in [0.2, 0.25) is 0 Å². The third kappa shape index (κ3) is 7.33. The monoisotopic (exact) mass is 495 g/mol. The van der Waals surface area contributed by atoms with Crippen molar-refractivity contribution in [1.29, 1.82) is 0 Å². The van der Waals surface area contributed by atoms with Crippen LogP contribution in [-0.4, -0.2) is 40.0 Å². The van der Waals surface area contributed by atoms with Crippen molar-refractivity contribution >= 4 is 23.6 Å². The van der Waals surface area contributed by atoms with Crippen molar-refractivity contribution in [3.05, 3.63) is 64.7 Å². The first-order valence-corrected chi connectivity index (χ1v) is 12.3. The number of aryl methyl sites for hydroxylation is 3. The van der Waals surface area contributed by atoms with E-state index in [0.29, 0.717) is 5.56 Å². The van der Waals surface area contributed by atoms with Crippen molar-refractivity contribution in [2.75, 3.05) is 5.32 Å². The molecule has 3 amide bonds. The molecule has 7 nitrogen and oxygen atoms in total. The Bertz CT molecular complexity index is 1090. The highest BCUT2D eigenvalue weighted by atomic mass is 16.6. The van der Waals surface area contributed by atoms with Crippen LogP contribution in [0.1, 0.15) is 76.8 Å². The van der Waals surface area contributed by atoms with Gasteiger partial charge in [0.15, 0.2) is 0 Å². The molecule has 2 rings (SSSR count). The van der Waals surface area contributed by atoms with E-state index in [1.54, 1.807) is 32.6 Å². The number of hydrogen-bond donors (Lipinski definition) is 2. The van der Waals surface area contributed by atoms with Gasteiger partial charge in [-0.15, -0.1) is 0 Å². The number of carbonyl (C=O) groups is 3. The quantitative estimate of drug-likeness (QED) is 0.528. The smallest absolute Gasteiger partial charge is 0.408 e. The SMILES string of the molecule is Cc1ccccc1C(C(=O)Nc1c(C)cccc1C)N(C(=O)C(C)NC(=O)OC(C)(C)C)C(C)(C)C. The van der Waals surface area contributed by atoms with Gasteiger partial charge in [0, 0.05) is 11.2 Å². The maximum atomic E-state index is 14.0. The molecule has 2 atom stereocenters. The van der Waals surface area contributed by atoms with Gasteiger partial charge in [0.25, 0.3) is 5.91 Å². The van der Waals surface area contributed by atoms with E-state index in [1.165, 1.54) is 0 Å². The molecule has 0 aromatic heterocycles. The molecule has 0 fully saturated rings. The number of alkyl carbamates (subject to hydrolysis) is 1. The van der Waals surface area contributed by atoms with Crippen molar-refractivity contribution in [2.24, 2.45) is 0 Å².